The average Bonchev–Trinajstić information content (AvgIpc) is 3.10. The molecule has 1 aliphatic carbocycles. The minimum Gasteiger partial charge on any atom is -0.369 e. The number of aromatic nitrogens is 1. The summed E-state index contributed by atoms with van der Waals surface area (Å²) < 4.78 is 5.61. The second kappa shape index (κ2) is 7.05. The molecule has 0 bridgehead atoms. The van der Waals surface area contributed by atoms with Gasteiger partial charge in [-0.05, 0) is 36.3 Å². The molecule has 2 aromatic rings. The van der Waals surface area contributed by atoms with Crippen LogP contribution in [0.25, 0.3) is 0 Å². The highest BCUT2D eigenvalue weighted by molar-refractivity contribution is 5.46. The topological polar surface area (TPSA) is 58.5 Å². The van der Waals surface area contributed by atoms with E-state index in [0.29, 0.717) is 12.0 Å². The van der Waals surface area contributed by atoms with E-state index in [1.54, 1.807) is 0 Å². The summed E-state index contributed by atoms with van der Waals surface area (Å²) in [6.45, 7) is 9.59. The molecule has 0 spiro atoms. The molecule has 2 aliphatic rings. The third-order valence-corrected chi connectivity index (χ3v) is 6.48. The lowest BCUT2D eigenvalue weighted by Gasteiger charge is -2.50. The normalized spacial score (nSPS) is 25.9. The summed E-state index contributed by atoms with van der Waals surface area (Å²) in [7, 11) is 0. The largest absolute Gasteiger partial charge is 0.369 e. The van der Waals surface area contributed by atoms with E-state index in [1.165, 1.54) is 5.69 Å². The molecule has 140 valence electrons. The molecule has 1 aromatic heterocycles. The summed E-state index contributed by atoms with van der Waals surface area (Å²) >= 11 is 0. The fraction of sp³-hybridized carbons (Fsp3) is 0.571. The van der Waals surface area contributed by atoms with Gasteiger partial charge in [-0.3, -0.25) is 4.90 Å². The molecule has 1 saturated carbocycles. The minimum atomic E-state index is 0.215. The molecule has 0 amide bonds. The Hall–Kier alpha value is -1.85. The van der Waals surface area contributed by atoms with Gasteiger partial charge in [-0.2, -0.15) is 0 Å². The molecule has 2 atom stereocenters. The van der Waals surface area contributed by atoms with E-state index in [-0.39, 0.29) is 5.41 Å². The number of nitrogens with two attached hydrogens (primary N) is 1. The van der Waals surface area contributed by atoms with E-state index < -0.39 is 0 Å². The molecule has 0 radical (unpaired) electrons. The van der Waals surface area contributed by atoms with Crippen molar-refractivity contribution in [2.75, 3.05) is 31.1 Å². The van der Waals surface area contributed by atoms with Crippen LogP contribution < -0.4 is 10.6 Å². The van der Waals surface area contributed by atoms with Crippen molar-refractivity contribution in [3.63, 3.8) is 0 Å². The molecule has 2 N–H and O–H groups in total. The quantitative estimate of drug-likeness (QED) is 0.895. The Labute approximate surface area is 156 Å². The number of para-hydroxylation sites is 1. The summed E-state index contributed by atoms with van der Waals surface area (Å²) in [4.78, 5) is 4.90. The standard InChI is InChI=1S/C21H30N4O/c1-21(2)16(13-20(21)22)12-17-14-19(26-23-17)15-24-8-10-25(11-9-24)18-6-4-3-5-7-18/h3-7,14,16,20H,8-13,15,22H2,1-2H3. The number of benzene rings is 1. The highest BCUT2D eigenvalue weighted by atomic mass is 16.5. The van der Waals surface area contributed by atoms with Crippen molar-refractivity contribution in [1.82, 2.24) is 10.1 Å². The SMILES string of the molecule is CC1(C)C(N)CC1Cc1cc(CN2CCN(c3ccccc3)CC2)on1. The number of nitrogens with zero attached hydrogens (tertiary/aromatic N) is 3. The predicted molar refractivity (Wildman–Crippen MR) is 104 cm³/mol. The lowest BCUT2D eigenvalue weighted by Crippen LogP contribution is -2.55. The maximum atomic E-state index is 6.13. The van der Waals surface area contributed by atoms with Crippen molar-refractivity contribution in [3.8, 4) is 0 Å². The summed E-state index contributed by atoms with van der Waals surface area (Å²) in [6, 6.07) is 13.1. The van der Waals surface area contributed by atoms with E-state index in [0.717, 1.165) is 57.0 Å². The molecule has 5 nitrogen and oxygen atoms in total. The van der Waals surface area contributed by atoms with Gasteiger partial charge in [0.2, 0.25) is 0 Å². The lowest BCUT2D eigenvalue weighted by molar-refractivity contribution is 0.0370. The Balaban J connectivity index is 1.28. The molecule has 26 heavy (non-hydrogen) atoms. The molecule has 1 saturated heterocycles. The summed E-state index contributed by atoms with van der Waals surface area (Å²) in [5, 5.41) is 4.30. The predicted octanol–water partition coefficient (Wildman–Crippen LogP) is 2.91. The Morgan fingerprint density at radius 1 is 1.15 bits per heavy atom. The van der Waals surface area contributed by atoms with Crippen LogP contribution in [0, 0.1) is 11.3 Å². The second-order valence-corrected chi connectivity index (χ2v) is 8.45. The summed E-state index contributed by atoms with van der Waals surface area (Å²) in [5.74, 6) is 1.60. The van der Waals surface area contributed by atoms with Gasteiger partial charge in [0.05, 0.1) is 12.2 Å². The van der Waals surface area contributed by atoms with Crippen LogP contribution in [0.4, 0.5) is 5.69 Å². The minimum absolute atomic E-state index is 0.215. The van der Waals surface area contributed by atoms with Gasteiger partial charge < -0.3 is 15.2 Å². The first-order chi connectivity index (χ1) is 12.5. The maximum absolute atomic E-state index is 6.13. The fourth-order valence-corrected chi connectivity index (χ4v) is 4.20. The van der Waals surface area contributed by atoms with E-state index in [4.69, 9.17) is 10.3 Å². The molecule has 2 unspecified atom stereocenters. The molecule has 1 aromatic carbocycles. The fourth-order valence-electron chi connectivity index (χ4n) is 4.20. The van der Waals surface area contributed by atoms with E-state index in [9.17, 15) is 0 Å². The van der Waals surface area contributed by atoms with Crippen molar-refractivity contribution in [2.24, 2.45) is 17.1 Å². The van der Waals surface area contributed by atoms with Crippen molar-refractivity contribution in [1.29, 1.82) is 0 Å². The van der Waals surface area contributed by atoms with Gasteiger partial charge in [-0.1, -0.05) is 37.2 Å². The van der Waals surface area contributed by atoms with Crippen molar-refractivity contribution in [3.05, 3.63) is 47.9 Å². The monoisotopic (exact) mass is 354 g/mol. The van der Waals surface area contributed by atoms with E-state index in [1.807, 2.05) is 0 Å². The van der Waals surface area contributed by atoms with Crippen molar-refractivity contribution >= 4 is 5.69 Å². The van der Waals surface area contributed by atoms with Gasteiger partial charge >= 0.3 is 0 Å². The van der Waals surface area contributed by atoms with Gasteiger partial charge in [-0.25, -0.2) is 0 Å². The zero-order chi connectivity index (χ0) is 18.1. The number of hydrogen-bond acceptors (Lipinski definition) is 5. The average molecular weight is 354 g/mol. The number of piperazine rings is 1. The van der Waals surface area contributed by atoms with Crippen LogP contribution in [0.5, 0.6) is 0 Å². The van der Waals surface area contributed by atoms with Gasteiger partial charge in [-0.15, -0.1) is 0 Å². The van der Waals surface area contributed by atoms with Crippen molar-refractivity contribution < 1.29 is 4.52 Å². The highest BCUT2D eigenvalue weighted by Crippen LogP contribution is 2.46. The summed E-state index contributed by atoms with van der Waals surface area (Å²) in [5.41, 5.74) is 8.74. The second-order valence-electron chi connectivity index (χ2n) is 8.45. The molecule has 1 aliphatic heterocycles. The third kappa shape index (κ3) is 3.51. The van der Waals surface area contributed by atoms with Crippen LogP contribution in [-0.4, -0.2) is 42.3 Å². The maximum Gasteiger partial charge on any atom is 0.150 e. The Morgan fingerprint density at radius 3 is 2.54 bits per heavy atom. The van der Waals surface area contributed by atoms with Crippen LogP contribution in [-0.2, 0) is 13.0 Å². The first kappa shape index (κ1) is 17.6. The van der Waals surface area contributed by atoms with Crippen LogP contribution in [0.1, 0.15) is 31.7 Å². The first-order valence-corrected chi connectivity index (χ1v) is 9.75. The lowest BCUT2D eigenvalue weighted by atomic mass is 9.57. The van der Waals surface area contributed by atoms with Crippen LogP contribution >= 0.6 is 0 Å². The van der Waals surface area contributed by atoms with Crippen LogP contribution in [0.2, 0.25) is 0 Å². The molecular formula is C21H30N4O. The van der Waals surface area contributed by atoms with Gasteiger partial charge in [0.15, 0.2) is 5.76 Å². The summed E-state index contributed by atoms with van der Waals surface area (Å²) in [6.07, 6.45) is 2.07. The number of anilines is 1. The van der Waals surface area contributed by atoms with E-state index in [2.05, 4.69) is 65.2 Å². The third-order valence-electron chi connectivity index (χ3n) is 6.48. The number of hydrogen-bond donors (Lipinski definition) is 1. The Morgan fingerprint density at radius 2 is 1.88 bits per heavy atom. The molecular weight excluding hydrogens is 324 g/mol. The zero-order valence-corrected chi connectivity index (χ0v) is 15.9. The Bertz CT molecular complexity index is 719. The number of rotatable bonds is 5. The highest BCUT2D eigenvalue weighted by Gasteiger charge is 2.45. The van der Waals surface area contributed by atoms with Gasteiger partial charge in [0.1, 0.15) is 0 Å². The van der Waals surface area contributed by atoms with Crippen LogP contribution in [0.3, 0.4) is 0 Å². The van der Waals surface area contributed by atoms with E-state index >= 15 is 0 Å². The Kier molecular flexibility index (Phi) is 4.76. The molecule has 4 rings (SSSR count). The first-order valence-electron chi connectivity index (χ1n) is 9.75. The zero-order valence-electron chi connectivity index (χ0n) is 15.9. The molecule has 2 heterocycles. The van der Waals surface area contributed by atoms with Crippen LogP contribution in [0.15, 0.2) is 40.9 Å². The smallest absolute Gasteiger partial charge is 0.150 e. The molecule has 2 fully saturated rings. The van der Waals surface area contributed by atoms with Gasteiger partial charge in [0, 0.05) is 44.0 Å². The van der Waals surface area contributed by atoms with Crippen molar-refractivity contribution in [2.45, 2.75) is 39.3 Å². The van der Waals surface area contributed by atoms with Gasteiger partial charge in [0.25, 0.3) is 0 Å². The molecule has 5 heteroatoms.